The van der Waals surface area contributed by atoms with Crippen molar-refractivity contribution < 1.29 is 14.2 Å². The minimum atomic E-state index is 0. The van der Waals surface area contributed by atoms with Gasteiger partial charge in [-0.15, -0.1) is 24.8 Å². The molecule has 0 atom stereocenters. The second-order valence-electron chi connectivity index (χ2n) is 6.65. The van der Waals surface area contributed by atoms with Crippen LogP contribution in [0.2, 0.25) is 0 Å². The maximum Gasteiger partial charge on any atom is 0.161 e. The number of hydrogen-bond acceptors (Lipinski definition) is 6. The van der Waals surface area contributed by atoms with E-state index in [0.29, 0.717) is 24.5 Å². The first-order valence-electron chi connectivity index (χ1n) is 9.64. The van der Waals surface area contributed by atoms with Gasteiger partial charge in [-0.2, -0.15) is 5.10 Å². The van der Waals surface area contributed by atoms with E-state index in [1.165, 1.54) is 0 Å². The van der Waals surface area contributed by atoms with E-state index < -0.39 is 0 Å². The predicted octanol–water partition coefficient (Wildman–Crippen LogP) is 4.85. The molecule has 0 aliphatic heterocycles. The molecular weight excluding hydrogens is 439 g/mol. The second kappa shape index (κ2) is 10.5. The summed E-state index contributed by atoms with van der Waals surface area (Å²) in [7, 11) is 3.27. The Kier molecular flexibility index (Phi) is 8.30. The van der Waals surface area contributed by atoms with Crippen molar-refractivity contribution >= 4 is 46.6 Å². The average Bonchev–Trinajstić information content (AvgIpc) is 3.18. The number of rotatable bonds is 7. The van der Waals surface area contributed by atoms with E-state index in [4.69, 9.17) is 14.2 Å². The summed E-state index contributed by atoms with van der Waals surface area (Å²) in [6.45, 7) is 5.36. The number of halogens is 2. The molecule has 9 heteroatoms. The normalized spacial score (nSPS) is 10.5. The minimum Gasteiger partial charge on any atom is -0.493 e. The SMILES string of the molecule is CCOc1c(Cc2cncc3cc(OC)c(OC)cc23)cnc2c1cnn2CC.Cl.Cl. The van der Waals surface area contributed by atoms with Gasteiger partial charge in [-0.25, -0.2) is 9.67 Å². The highest BCUT2D eigenvalue weighted by Gasteiger charge is 2.16. The number of aryl methyl sites for hydroxylation is 1. The molecule has 3 aromatic heterocycles. The molecule has 0 saturated heterocycles. The first-order chi connectivity index (χ1) is 14.2. The van der Waals surface area contributed by atoms with Crippen LogP contribution in [-0.2, 0) is 13.0 Å². The van der Waals surface area contributed by atoms with Crippen molar-refractivity contribution in [1.82, 2.24) is 19.7 Å². The molecule has 0 unspecified atom stereocenters. The van der Waals surface area contributed by atoms with Crippen molar-refractivity contribution in [2.45, 2.75) is 26.8 Å². The number of nitrogens with zero attached hydrogens (tertiary/aromatic N) is 4. The Morgan fingerprint density at radius 2 is 1.61 bits per heavy atom. The Bertz CT molecular complexity index is 1180. The molecule has 0 radical (unpaired) electrons. The summed E-state index contributed by atoms with van der Waals surface area (Å²) in [6, 6.07) is 3.94. The second-order valence-corrected chi connectivity index (χ2v) is 6.65. The van der Waals surface area contributed by atoms with E-state index >= 15 is 0 Å². The minimum absolute atomic E-state index is 0. The number of hydrogen-bond donors (Lipinski definition) is 0. The summed E-state index contributed by atoms with van der Waals surface area (Å²) in [4.78, 5) is 9.07. The molecule has 0 amide bonds. The summed E-state index contributed by atoms with van der Waals surface area (Å²) in [5, 5.41) is 7.41. The summed E-state index contributed by atoms with van der Waals surface area (Å²) in [5.41, 5.74) is 2.90. The molecule has 166 valence electrons. The fourth-order valence-electron chi connectivity index (χ4n) is 3.62. The van der Waals surface area contributed by atoms with E-state index in [9.17, 15) is 0 Å². The Morgan fingerprint density at radius 1 is 0.871 bits per heavy atom. The first-order valence-corrected chi connectivity index (χ1v) is 9.64. The van der Waals surface area contributed by atoms with E-state index in [-0.39, 0.29) is 24.8 Å². The third-order valence-corrected chi connectivity index (χ3v) is 5.01. The zero-order chi connectivity index (χ0) is 20.4. The lowest BCUT2D eigenvalue weighted by molar-refractivity contribution is 0.341. The van der Waals surface area contributed by atoms with Gasteiger partial charge in [-0.1, -0.05) is 0 Å². The fourth-order valence-corrected chi connectivity index (χ4v) is 3.62. The molecule has 0 aliphatic carbocycles. The third kappa shape index (κ3) is 4.48. The Labute approximate surface area is 193 Å². The van der Waals surface area contributed by atoms with Crippen LogP contribution in [0.4, 0.5) is 0 Å². The lowest BCUT2D eigenvalue weighted by Gasteiger charge is -2.14. The van der Waals surface area contributed by atoms with Crippen LogP contribution in [-0.4, -0.2) is 40.6 Å². The Hall–Kier alpha value is -2.77. The first kappa shape index (κ1) is 24.5. The van der Waals surface area contributed by atoms with Crippen molar-refractivity contribution in [1.29, 1.82) is 0 Å². The smallest absolute Gasteiger partial charge is 0.161 e. The number of methoxy groups -OCH3 is 2. The summed E-state index contributed by atoms with van der Waals surface area (Å²) in [5.74, 6) is 2.20. The van der Waals surface area contributed by atoms with Crippen molar-refractivity contribution in [2.75, 3.05) is 20.8 Å². The van der Waals surface area contributed by atoms with Crippen molar-refractivity contribution in [3.8, 4) is 17.2 Å². The number of ether oxygens (including phenoxy) is 3. The number of aromatic nitrogens is 4. The van der Waals surface area contributed by atoms with Crippen molar-refractivity contribution in [3.63, 3.8) is 0 Å². The summed E-state index contributed by atoms with van der Waals surface area (Å²) < 4.78 is 18.8. The molecule has 0 spiro atoms. The van der Waals surface area contributed by atoms with E-state index in [1.807, 2.05) is 55.4 Å². The lowest BCUT2D eigenvalue weighted by atomic mass is 10.00. The van der Waals surface area contributed by atoms with E-state index in [1.54, 1.807) is 14.2 Å². The molecule has 31 heavy (non-hydrogen) atoms. The molecule has 3 heterocycles. The number of fused-ring (bicyclic) bond motifs is 2. The van der Waals surface area contributed by atoms with Gasteiger partial charge in [-0.3, -0.25) is 4.98 Å². The lowest BCUT2D eigenvalue weighted by Crippen LogP contribution is -2.02. The molecule has 0 aliphatic rings. The van der Waals surface area contributed by atoms with Crippen LogP contribution < -0.4 is 14.2 Å². The molecule has 1 aromatic carbocycles. The maximum absolute atomic E-state index is 6.02. The molecule has 4 aromatic rings. The zero-order valence-electron chi connectivity index (χ0n) is 17.9. The Balaban J connectivity index is 0.00000171. The van der Waals surface area contributed by atoms with Gasteiger partial charge in [0.2, 0.25) is 0 Å². The van der Waals surface area contributed by atoms with Gasteiger partial charge >= 0.3 is 0 Å². The maximum atomic E-state index is 6.02. The topological polar surface area (TPSA) is 71.3 Å². The number of benzene rings is 1. The van der Waals surface area contributed by atoms with E-state index in [2.05, 4.69) is 15.1 Å². The van der Waals surface area contributed by atoms with Gasteiger partial charge in [0.15, 0.2) is 17.1 Å². The van der Waals surface area contributed by atoms with Crippen molar-refractivity contribution in [3.05, 3.63) is 48.0 Å². The van der Waals surface area contributed by atoms with Crippen LogP contribution >= 0.6 is 24.8 Å². The highest BCUT2D eigenvalue weighted by atomic mass is 35.5. The highest BCUT2D eigenvalue weighted by Crippen LogP contribution is 2.35. The summed E-state index contributed by atoms with van der Waals surface area (Å²) >= 11 is 0. The van der Waals surface area contributed by atoms with Gasteiger partial charge in [-0.05, 0) is 36.9 Å². The molecule has 0 bridgehead atoms. The summed E-state index contributed by atoms with van der Waals surface area (Å²) in [6.07, 6.45) is 8.05. The molecule has 7 nitrogen and oxygen atoms in total. The van der Waals surface area contributed by atoms with Gasteiger partial charge in [0, 0.05) is 42.5 Å². The van der Waals surface area contributed by atoms with Crippen LogP contribution in [0.25, 0.3) is 21.8 Å². The van der Waals surface area contributed by atoms with Crippen molar-refractivity contribution in [2.24, 2.45) is 0 Å². The molecule has 0 fully saturated rings. The van der Waals surface area contributed by atoms with Crippen LogP contribution in [0.1, 0.15) is 25.0 Å². The molecule has 0 saturated carbocycles. The largest absolute Gasteiger partial charge is 0.493 e. The van der Waals surface area contributed by atoms with Crippen LogP contribution in [0.3, 0.4) is 0 Å². The molecular formula is C22H26Cl2N4O3. The van der Waals surface area contributed by atoms with Crippen LogP contribution in [0.15, 0.2) is 36.9 Å². The molecule has 0 N–H and O–H groups in total. The number of pyridine rings is 2. The highest BCUT2D eigenvalue weighted by molar-refractivity contribution is 5.89. The fraction of sp³-hybridized carbons (Fsp3) is 0.318. The quantitative estimate of drug-likeness (QED) is 0.389. The Morgan fingerprint density at radius 3 is 2.29 bits per heavy atom. The van der Waals surface area contributed by atoms with Gasteiger partial charge in [0.25, 0.3) is 0 Å². The zero-order valence-corrected chi connectivity index (χ0v) is 19.5. The van der Waals surface area contributed by atoms with E-state index in [0.717, 1.165) is 45.2 Å². The third-order valence-electron chi connectivity index (χ3n) is 5.01. The van der Waals surface area contributed by atoms with Crippen LogP contribution in [0, 0.1) is 0 Å². The van der Waals surface area contributed by atoms with Gasteiger partial charge in [0.05, 0.1) is 32.4 Å². The average molecular weight is 465 g/mol. The predicted molar refractivity (Wildman–Crippen MR) is 127 cm³/mol. The van der Waals surface area contributed by atoms with Gasteiger partial charge in [0.1, 0.15) is 5.75 Å². The molecule has 4 rings (SSSR count). The standard InChI is InChI=1S/C22H24N4O3.2ClH/c1-5-26-22-18(13-25-26)21(29-6-2)16(12-24-22)7-14-10-23-11-15-8-19(27-3)20(28-4)9-17(14)15;;/h8-13H,5-7H2,1-4H3;2*1H. The monoisotopic (exact) mass is 464 g/mol. The van der Waals surface area contributed by atoms with Crippen LogP contribution in [0.5, 0.6) is 17.2 Å². The van der Waals surface area contributed by atoms with Gasteiger partial charge < -0.3 is 14.2 Å².